The predicted molar refractivity (Wildman–Crippen MR) is 133 cm³/mol. The maximum atomic E-state index is 12.6. The van der Waals surface area contributed by atoms with Gasteiger partial charge in [-0.25, -0.2) is 0 Å². The van der Waals surface area contributed by atoms with E-state index in [1.54, 1.807) is 53.4 Å². The molecular weight excluding hydrogens is 472 g/mol. The molecular formula is C25H29ClN4O5. The summed E-state index contributed by atoms with van der Waals surface area (Å²) >= 11 is 5.84. The number of hydrogen-bond donors (Lipinski definition) is 2. The summed E-state index contributed by atoms with van der Waals surface area (Å²) in [6, 6.07) is 13.7. The van der Waals surface area contributed by atoms with Crippen LogP contribution in [0, 0.1) is 5.92 Å². The fourth-order valence-electron chi connectivity index (χ4n) is 4.04. The molecule has 2 saturated heterocycles. The van der Waals surface area contributed by atoms with Gasteiger partial charge < -0.3 is 25.0 Å². The molecule has 186 valence electrons. The number of carbonyl (C=O) groups excluding carboxylic acids is 3. The molecule has 0 radical (unpaired) electrons. The molecule has 0 aliphatic carbocycles. The van der Waals surface area contributed by atoms with Crippen LogP contribution < -0.4 is 20.3 Å². The molecule has 0 aromatic heterocycles. The zero-order chi connectivity index (χ0) is 24.6. The highest BCUT2D eigenvalue weighted by Gasteiger charge is 2.35. The second-order valence-corrected chi connectivity index (χ2v) is 8.92. The first kappa shape index (κ1) is 25.0. The molecule has 2 N–H and O–H groups in total. The van der Waals surface area contributed by atoms with Crippen molar-refractivity contribution in [2.75, 3.05) is 62.8 Å². The number of rotatable bonds is 9. The second kappa shape index (κ2) is 12.0. The van der Waals surface area contributed by atoms with E-state index in [0.717, 1.165) is 32.8 Å². The normalized spacial score (nSPS) is 18.4. The first-order valence-corrected chi connectivity index (χ1v) is 12.0. The van der Waals surface area contributed by atoms with Crippen molar-refractivity contribution in [3.63, 3.8) is 0 Å². The van der Waals surface area contributed by atoms with E-state index in [1.807, 2.05) is 0 Å². The lowest BCUT2D eigenvalue weighted by molar-refractivity contribution is -0.126. The summed E-state index contributed by atoms with van der Waals surface area (Å²) in [5, 5.41) is 6.27. The van der Waals surface area contributed by atoms with Crippen molar-refractivity contribution in [3.8, 4) is 5.75 Å². The Morgan fingerprint density at radius 1 is 1.06 bits per heavy atom. The molecule has 2 fully saturated rings. The van der Waals surface area contributed by atoms with Gasteiger partial charge in [0.2, 0.25) is 11.8 Å². The average molecular weight is 501 g/mol. The molecule has 3 amide bonds. The molecule has 35 heavy (non-hydrogen) atoms. The molecule has 0 saturated carbocycles. The molecule has 4 rings (SSSR count). The summed E-state index contributed by atoms with van der Waals surface area (Å²) in [7, 11) is 0. The number of hydrogen-bond acceptors (Lipinski definition) is 6. The van der Waals surface area contributed by atoms with Crippen LogP contribution >= 0.6 is 11.6 Å². The van der Waals surface area contributed by atoms with Crippen LogP contribution in [0.4, 0.5) is 11.4 Å². The van der Waals surface area contributed by atoms with Crippen molar-refractivity contribution in [3.05, 3.63) is 53.6 Å². The fourth-order valence-corrected chi connectivity index (χ4v) is 4.17. The van der Waals surface area contributed by atoms with Crippen molar-refractivity contribution in [2.24, 2.45) is 5.92 Å². The number of benzene rings is 2. The lowest BCUT2D eigenvalue weighted by atomic mass is 10.1. The summed E-state index contributed by atoms with van der Waals surface area (Å²) < 4.78 is 10.9. The number of nitrogens with zero attached hydrogens (tertiary/aromatic N) is 2. The highest BCUT2D eigenvalue weighted by molar-refractivity contribution is 6.30. The smallest absolute Gasteiger partial charge is 0.262 e. The Bertz CT molecular complexity index is 1030. The number of nitrogens with one attached hydrogen (secondary N) is 2. The van der Waals surface area contributed by atoms with Crippen LogP contribution in [0.5, 0.6) is 5.75 Å². The van der Waals surface area contributed by atoms with E-state index in [-0.39, 0.29) is 36.7 Å². The van der Waals surface area contributed by atoms with Gasteiger partial charge in [0.05, 0.1) is 19.1 Å². The highest BCUT2D eigenvalue weighted by atomic mass is 35.5. The number of morpholine rings is 1. The lowest BCUT2D eigenvalue weighted by Gasteiger charge is -2.26. The van der Waals surface area contributed by atoms with Crippen LogP contribution in [0.2, 0.25) is 5.02 Å². The van der Waals surface area contributed by atoms with Gasteiger partial charge in [-0.05, 0) is 48.5 Å². The Labute approximate surface area is 209 Å². The van der Waals surface area contributed by atoms with Crippen LogP contribution in [-0.4, -0.2) is 75.2 Å². The van der Waals surface area contributed by atoms with Gasteiger partial charge in [-0.15, -0.1) is 0 Å². The third-order valence-corrected chi connectivity index (χ3v) is 6.23. The molecule has 0 unspecified atom stereocenters. The number of amides is 3. The zero-order valence-electron chi connectivity index (χ0n) is 19.4. The number of halogens is 1. The largest absolute Gasteiger partial charge is 0.484 e. The van der Waals surface area contributed by atoms with E-state index in [9.17, 15) is 14.4 Å². The topological polar surface area (TPSA) is 100 Å². The first-order chi connectivity index (χ1) is 17.0. The van der Waals surface area contributed by atoms with E-state index < -0.39 is 0 Å². The minimum Gasteiger partial charge on any atom is -0.484 e. The van der Waals surface area contributed by atoms with Gasteiger partial charge in [-0.1, -0.05) is 11.6 Å². The van der Waals surface area contributed by atoms with Crippen molar-refractivity contribution in [2.45, 2.75) is 6.42 Å². The van der Waals surface area contributed by atoms with Crippen LogP contribution in [0.3, 0.4) is 0 Å². The Hall–Kier alpha value is -3.14. The molecule has 10 heteroatoms. The highest BCUT2D eigenvalue weighted by Crippen LogP contribution is 2.27. The Kier molecular flexibility index (Phi) is 8.57. The fraction of sp³-hybridized carbons (Fsp3) is 0.400. The summed E-state index contributed by atoms with van der Waals surface area (Å²) in [5.74, 6) is -0.354. The third kappa shape index (κ3) is 7.17. The monoisotopic (exact) mass is 500 g/mol. The van der Waals surface area contributed by atoms with E-state index >= 15 is 0 Å². The lowest BCUT2D eigenvalue weighted by Crippen LogP contribution is -2.42. The molecule has 2 aromatic carbocycles. The molecule has 0 spiro atoms. The van der Waals surface area contributed by atoms with E-state index in [1.165, 1.54) is 0 Å². The molecule has 9 nitrogen and oxygen atoms in total. The van der Waals surface area contributed by atoms with Crippen molar-refractivity contribution >= 4 is 40.7 Å². The van der Waals surface area contributed by atoms with E-state index in [2.05, 4.69) is 15.5 Å². The molecule has 2 aliphatic heterocycles. The summed E-state index contributed by atoms with van der Waals surface area (Å²) in [4.78, 5) is 41.1. The standard InChI is InChI=1S/C25H29ClN4O5/c26-19-1-3-20(4-2-19)28-23(31)17-35-22-7-5-21(6-8-22)30-16-18(15-24(30)32)25(33)27-9-10-29-11-13-34-14-12-29/h1-8,18H,9-17H2,(H,27,33)(H,28,31)/t18-/m1/s1. The zero-order valence-corrected chi connectivity index (χ0v) is 20.1. The molecule has 2 aliphatic rings. The van der Waals surface area contributed by atoms with Gasteiger partial charge in [-0.3, -0.25) is 19.3 Å². The minimum absolute atomic E-state index is 0.0886. The maximum absolute atomic E-state index is 12.6. The number of ether oxygens (including phenoxy) is 2. The molecule has 0 bridgehead atoms. The molecule has 2 heterocycles. The first-order valence-electron chi connectivity index (χ1n) is 11.6. The van der Waals surface area contributed by atoms with Crippen molar-refractivity contribution in [1.29, 1.82) is 0 Å². The van der Waals surface area contributed by atoms with Crippen molar-refractivity contribution in [1.82, 2.24) is 10.2 Å². The SMILES string of the molecule is O=C(COc1ccc(N2C[C@H](C(=O)NCCN3CCOCC3)CC2=O)cc1)Nc1ccc(Cl)cc1. The Morgan fingerprint density at radius 3 is 2.49 bits per heavy atom. The maximum Gasteiger partial charge on any atom is 0.262 e. The van der Waals surface area contributed by atoms with Gasteiger partial charge in [0, 0.05) is 55.5 Å². The minimum atomic E-state index is -0.375. The third-order valence-electron chi connectivity index (χ3n) is 5.97. The molecule has 2 aromatic rings. The van der Waals surface area contributed by atoms with Crippen LogP contribution in [-0.2, 0) is 19.1 Å². The van der Waals surface area contributed by atoms with Gasteiger partial charge in [0.1, 0.15) is 5.75 Å². The van der Waals surface area contributed by atoms with Crippen LogP contribution in [0.1, 0.15) is 6.42 Å². The molecule has 1 atom stereocenters. The summed E-state index contributed by atoms with van der Waals surface area (Å²) in [6.07, 6.45) is 0.187. The predicted octanol–water partition coefficient (Wildman–Crippen LogP) is 2.16. The van der Waals surface area contributed by atoms with E-state index in [0.29, 0.717) is 35.2 Å². The number of anilines is 2. The average Bonchev–Trinajstić information content (AvgIpc) is 3.27. The van der Waals surface area contributed by atoms with Crippen molar-refractivity contribution < 1.29 is 23.9 Å². The Balaban J connectivity index is 1.21. The van der Waals surface area contributed by atoms with Gasteiger partial charge in [0.25, 0.3) is 5.91 Å². The summed E-state index contributed by atoms with van der Waals surface area (Å²) in [5.41, 5.74) is 1.32. The second-order valence-electron chi connectivity index (χ2n) is 8.49. The van der Waals surface area contributed by atoms with Gasteiger partial charge in [0.15, 0.2) is 6.61 Å². The van der Waals surface area contributed by atoms with Gasteiger partial charge >= 0.3 is 0 Å². The van der Waals surface area contributed by atoms with Gasteiger partial charge in [-0.2, -0.15) is 0 Å². The van der Waals surface area contributed by atoms with Crippen LogP contribution in [0.25, 0.3) is 0 Å². The van der Waals surface area contributed by atoms with E-state index in [4.69, 9.17) is 21.1 Å². The van der Waals surface area contributed by atoms with Crippen LogP contribution in [0.15, 0.2) is 48.5 Å². The Morgan fingerprint density at radius 2 is 1.77 bits per heavy atom. The quantitative estimate of drug-likeness (QED) is 0.547. The summed E-state index contributed by atoms with van der Waals surface area (Å²) in [6.45, 7) is 4.71. The number of carbonyl (C=O) groups is 3.